The van der Waals surface area contributed by atoms with Crippen molar-refractivity contribution in [3.63, 3.8) is 0 Å². The zero-order chi connectivity index (χ0) is 18.1. The number of anilines is 1. The predicted octanol–water partition coefficient (Wildman–Crippen LogP) is 2.31. The van der Waals surface area contributed by atoms with Gasteiger partial charge in [0.25, 0.3) is 5.91 Å². The molecular formula is C19H20FN5O. The van der Waals surface area contributed by atoms with Gasteiger partial charge < -0.3 is 14.4 Å². The van der Waals surface area contributed by atoms with E-state index in [9.17, 15) is 9.18 Å². The number of hydrogen-bond donors (Lipinski definition) is 0. The fourth-order valence-electron chi connectivity index (χ4n) is 3.39. The lowest BCUT2D eigenvalue weighted by Crippen LogP contribution is -2.49. The highest BCUT2D eigenvalue weighted by molar-refractivity contribution is 5.97. The SMILES string of the molecule is Cn1ncc(C(=O)N2CCN(c3ccccc3F)CC2)c1-n1cccc1. The van der Waals surface area contributed by atoms with Crippen molar-refractivity contribution in [1.29, 1.82) is 0 Å². The zero-order valence-corrected chi connectivity index (χ0v) is 14.5. The molecule has 4 rings (SSSR count). The second-order valence-corrected chi connectivity index (χ2v) is 6.33. The molecule has 0 spiro atoms. The van der Waals surface area contributed by atoms with Crippen LogP contribution in [0.1, 0.15) is 10.4 Å². The third-order valence-electron chi connectivity index (χ3n) is 4.75. The average molecular weight is 353 g/mol. The highest BCUT2D eigenvalue weighted by Gasteiger charge is 2.27. The van der Waals surface area contributed by atoms with Gasteiger partial charge in [-0.2, -0.15) is 5.10 Å². The molecule has 7 heteroatoms. The maximum atomic E-state index is 14.0. The number of aryl methyl sites for hydroxylation is 1. The van der Waals surface area contributed by atoms with E-state index in [1.807, 2.05) is 47.1 Å². The van der Waals surface area contributed by atoms with Crippen molar-refractivity contribution in [2.24, 2.45) is 7.05 Å². The molecule has 3 aromatic rings. The summed E-state index contributed by atoms with van der Waals surface area (Å²) >= 11 is 0. The molecule has 6 nitrogen and oxygen atoms in total. The largest absolute Gasteiger partial charge is 0.366 e. The summed E-state index contributed by atoms with van der Waals surface area (Å²) in [5, 5.41) is 4.25. The third-order valence-corrected chi connectivity index (χ3v) is 4.75. The van der Waals surface area contributed by atoms with Crippen LogP contribution in [0, 0.1) is 5.82 Å². The number of hydrogen-bond acceptors (Lipinski definition) is 3. The van der Waals surface area contributed by atoms with Crippen molar-refractivity contribution in [3.8, 4) is 5.82 Å². The van der Waals surface area contributed by atoms with Gasteiger partial charge in [0.15, 0.2) is 0 Å². The Morgan fingerprint density at radius 1 is 1.04 bits per heavy atom. The molecule has 134 valence electrons. The molecule has 0 bridgehead atoms. The van der Waals surface area contributed by atoms with Crippen LogP contribution in [0.25, 0.3) is 5.82 Å². The van der Waals surface area contributed by atoms with Crippen molar-refractivity contribution in [1.82, 2.24) is 19.2 Å². The van der Waals surface area contributed by atoms with E-state index in [1.165, 1.54) is 6.07 Å². The van der Waals surface area contributed by atoms with Gasteiger partial charge in [0, 0.05) is 45.6 Å². The van der Waals surface area contributed by atoms with E-state index in [-0.39, 0.29) is 11.7 Å². The number of para-hydroxylation sites is 1. The maximum absolute atomic E-state index is 14.0. The lowest BCUT2D eigenvalue weighted by molar-refractivity contribution is 0.0746. The highest BCUT2D eigenvalue weighted by Crippen LogP contribution is 2.22. The lowest BCUT2D eigenvalue weighted by Gasteiger charge is -2.36. The molecule has 0 N–H and O–H groups in total. The topological polar surface area (TPSA) is 46.3 Å². The van der Waals surface area contributed by atoms with Crippen LogP contribution in [-0.4, -0.2) is 51.3 Å². The first-order chi connectivity index (χ1) is 12.6. The summed E-state index contributed by atoms with van der Waals surface area (Å²) in [5.74, 6) is 0.473. The van der Waals surface area contributed by atoms with Crippen LogP contribution < -0.4 is 4.90 Å². The number of carbonyl (C=O) groups excluding carboxylic acids is 1. The van der Waals surface area contributed by atoms with Gasteiger partial charge in [-0.1, -0.05) is 12.1 Å². The molecule has 0 saturated carbocycles. The number of nitrogens with zero attached hydrogens (tertiary/aromatic N) is 5. The van der Waals surface area contributed by atoms with Crippen LogP contribution in [0.3, 0.4) is 0 Å². The van der Waals surface area contributed by atoms with E-state index in [0.717, 1.165) is 5.82 Å². The summed E-state index contributed by atoms with van der Waals surface area (Å²) in [7, 11) is 1.82. The molecule has 26 heavy (non-hydrogen) atoms. The number of carbonyl (C=O) groups is 1. The molecular weight excluding hydrogens is 333 g/mol. The van der Waals surface area contributed by atoms with Crippen molar-refractivity contribution < 1.29 is 9.18 Å². The normalized spacial score (nSPS) is 14.7. The van der Waals surface area contributed by atoms with E-state index >= 15 is 0 Å². The van der Waals surface area contributed by atoms with Crippen LogP contribution in [-0.2, 0) is 7.05 Å². The molecule has 0 radical (unpaired) electrons. The van der Waals surface area contributed by atoms with E-state index in [1.54, 1.807) is 27.9 Å². The quantitative estimate of drug-likeness (QED) is 0.726. The molecule has 1 fully saturated rings. The third kappa shape index (κ3) is 2.85. The van der Waals surface area contributed by atoms with Crippen LogP contribution in [0.15, 0.2) is 55.0 Å². The summed E-state index contributed by atoms with van der Waals surface area (Å²) in [6.07, 6.45) is 5.40. The fraction of sp³-hybridized carbons (Fsp3) is 0.263. The Morgan fingerprint density at radius 2 is 1.73 bits per heavy atom. The zero-order valence-electron chi connectivity index (χ0n) is 14.5. The number of halogens is 1. The molecule has 1 aromatic carbocycles. The minimum absolute atomic E-state index is 0.0463. The van der Waals surface area contributed by atoms with Crippen LogP contribution >= 0.6 is 0 Å². The van der Waals surface area contributed by atoms with Crippen LogP contribution in [0.4, 0.5) is 10.1 Å². The van der Waals surface area contributed by atoms with Gasteiger partial charge in [-0.3, -0.25) is 9.48 Å². The van der Waals surface area contributed by atoms with E-state index in [4.69, 9.17) is 0 Å². The summed E-state index contributed by atoms with van der Waals surface area (Å²) in [5.41, 5.74) is 1.16. The van der Waals surface area contributed by atoms with Gasteiger partial charge in [-0.25, -0.2) is 4.39 Å². The van der Waals surface area contributed by atoms with Gasteiger partial charge in [0.2, 0.25) is 0 Å². The molecule has 0 aliphatic carbocycles. The molecule has 2 aromatic heterocycles. The molecule has 1 aliphatic rings. The smallest absolute Gasteiger partial charge is 0.259 e. The van der Waals surface area contributed by atoms with Crippen LogP contribution in [0.5, 0.6) is 0 Å². The summed E-state index contributed by atoms with van der Waals surface area (Å²) < 4.78 is 17.6. The Bertz CT molecular complexity index is 910. The standard InChI is InChI=1S/C19H20FN5O/c1-22-18(24-8-4-5-9-24)15(14-21-22)19(26)25-12-10-23(11-13-25)17-7-3-2-6-16(17)20/h2-9,14H,10-13H2,1H3. The Balaban J connectivity index is 1.51. The maximum Gasteiger partial charge on any atom is 0.259 e. The molecule has 0 atom stereocenters. The van der Waals surface area contributed by atoms with E-state index in [2.05, 4.69) is 5.10 Å². The Labute approximate surface area is 151 Å². The predicted molar refractivity (Wildman–Crippen MR) is 97.1 cm³/mol. The molecule has 1 aliphatic heterocycles. The highest BCUT2D eigenvalue weighted by atomic mass is 19.1. The lowest BCUT2D eigenvalue weighted by atomic mass is 10.2. The Morgan fingerprint density at radius 3 is 2.42 bits per heavy atom. The fourth-order valence-corrected chi connectivity index (χ4v) is 3.39. The van der Waals surface area contributed by atoms with Crippen molar-refractivity contribution in [2.75, 3.05) is 31.1 Å². The minimum atomic E-state index is -0.227. The second kappa shape index (κ2) is 6.67. The van der Waals surface area contributed by atoms with Gasteiger partial charge in [-0.15, -0.1) is 0 Å². The van der Waals surface area contributed by atoms with Gasteiger partial charge in [-0.05, 0) is 24.3 Å². The number of aromatic nitrogens is 3. The van der Waals surface area contributed by atoms with Gasteiger partial charge >= 0.3 is 0 Å². The van der Waals surface area contributed by atoms with Crippen molar-refractivity contribution in [3.05, 3.63) is 66.4 Å². The molecule has 1 saturated heterocycles. The monoisotopic (exact) mass is 353 g/mol. The first-order valence-corrected chi connectivity index (χ1v) is 8.59. The first-order valence-electron chi connectivity index (χ1n) is 8.59. The van der Waals surface area contributed by atoms with E-state index in [0.29, 0.717) is 37.4 Å². The van der Waals surface area contributed by atoms with E-state index < -0.39 is 0 Å². The number of piperazine rings is 1. The molecule has 1 amide bonds. The van der Waals surface area contributed by atoms with Crippen molar-refractivity contribution >= 4 is 11.6 Å². The number of benzene rings is 1. The minimum Gasteiger partial charge on any atom is -0.366 e. The van der Waals surface area contributed by atoms with Crippen molar-refractivity contribution in [2.45, 2.75) is 0 Å². The Kier molecular flexibility index (Phi) is 4.20. The molecule has 0 unspecified atom stereocenters. The second-order valence-electron chi connectivity index (χ2n) is 6.33. The summed E-state index contributed by atoms with van der Waals surface area (Å²) in [6.45, 7) is 2.30. The average Bonchev–Trinajstić information content (AvgIpc) is 3.31. The summed E-state index contributed by atoms with van der Waals surface area (Å²) in [6, 6.07) is 10.6. The van der Waals surface area contributed by atoms with Gasteiger partial charge in [0.1, 0.15) is 17.2 Å². The van der Waals surface area contributed by atoms with Gasteiger partial charge in [0.05, 0.1) is 11.9 Å². The number of amides is 1. The number of rotatable bonds is 3. The summed E-state index contributed by atoms with van der Waals surface area (Å²) in [4.78, 5) is 16.8. The molecule has 3 heterocycles. The first kappa shape index (κ1) is 16.4. The van der Waals surface area contributed by atoms with Crippen LogP contribution in [0.2, 0.25) is 0 Å². The Hall–Kier alpha value is -3.09.